The van der Waals surface area contributed by atoms with Gasteiger partial charge < -0.3 is 5.32 Å². The zero-order valence-corrected chi connectivity index (χ0v) is 21.5. The van der Waals surface area contributed by atoms with Crippen LogP contribution in [0, 0.1) is 6.92 Å². The summed E-state index contributed by atoms with van der Waals surface area (Å²) in [7, 11) is -4.39. The van der Waals surface area contributed by atoms with Gasteiger partial charge >= 0.3 is 6.18 Å². The van der Waals surface area contributed by atoms with E-state index < -0.39 is 45.3 Å². The van der Waals surface area contributed by atoms with E-state index in [0.29, 0.717) is 10.4 Å². The highest BCUT2D eigenvalue weighted by Gasteiger charge is 2.35. The Labute approximate surface area is 213 Å². The minimum atomic E-state index is -4.81. The highest BCUT2D eigenvalue weighted by Crippen LogP contribution is 2.38. The fourth-order valence-corrected chi connectivity index (χ4v) is 5.22. The lowest BCUT2D eigenvalue weighted by atomic mass is 10.1. The molecule has 0 saturated heterocycles. The fraction of sp³-hybridized carbons (Fsp3) is 0.269. The second kappa shape index (κ2) is 10.9. The topological polar surface area (TPSA) is 66.5 Å². The van der Waals surface area contributed by atoms with Crippen LogP contribution in [0.2, 0.25) is 5.02 Å². The molecular formula is C26H26ClF3N2O3S. The molecule has 0 aromatic heterocycles. The number of carbonyl (C=O) groups is 1. The summed E-state index contributed by atoms with van der Waals surface area (Å²) in [6.07, 6.45) is -3.96. The van der Waals surface area contributed by atoms with Gasteiger partial charge in [-0.2, -0.15) is 13.2 Å². The van der Waals surface area contributed by atoms with E-state index >= 15 is 0 Å². The van der Waals surface area contributed by atoms with Crippen LogP contribution >= 0.6 is 11.6 Å². The van der Waals surface area contributed by atoms with Gasteiger partial charge in [0.1, 0.15) is 6.54 Å². The van der Waals surface area contributed by atoms with Crippen molar-refractivity contribution in [3.8, 4) is 0 Å². The van der Waals surface area contributed by atoms with Crippen molar-refractivity contribution in [2.75, 3.05) is 10.8 Å². The second-order valence-electron chi connectivity index (χ2n) is 8.37. The molecule has 0 unspecified atom stereocenters. The number of hydrogen-bond donors (Lipinski definition) is 1. The van der Waals surface area contributed by atoms with Crippen LogP contribution in [0.1, 0.15) is 42.1 Å². The Morgan fingerprint density at radius 1 is 1.03 bits per heavy atom. The van der Waals surface area contributed by atoms with E-state index in [1.807, 2.05) is 31.2 Å². The number of sulfonamides is 1. The monoisotopic (exact) mass is 538 g/mol. The van der Waals surface area contributed by atoms with E-state index in [0.717, 1.165) is 35.2 Å². The number of halogens is 4. The van der Waals surface area contributed by atoms with Crippen LogP contribution in [0.15, 0.2) is 71.6 Å². The maximum atomic E-state index is 13.5. The van der Waals surface area contributed by atoms with Gasteiger partial charge in [-0.05, 0) is 61.7 Å². The number of aryl methyl sites for hydroxylation is 2. The van der Waals surface area contributed by atoms with E-state index in [1.54, 1.807) is 26.0 Å². The summed E-state index contributed by atoms with van der Waals surface area (Å²) in [5.41, 5.74) is 1.19. The molecule has 0 spiro atoms. The number of nitrogens with one attached hydrogen (secondary N) is 1. The minimum Gasteiger partial charge on any atom is -0.348 e. The number of carbonyl (C=O) groups excluding carboxylic acids is 1. The van der Waals surface area contributed by atoms with Crippen molar-refractivity contribution in [2.24, 2.45) is 0 Å². The molecule has 3 rings (SSSR count). The number of hydrogen-bond acceptors (Lipinski definition) is 3. The van der Waals surface area contributed by atoms with Crippen LogP contribution in [0.5, 0.6) is 0 Å². The van der Waals surface area contributed by atoms with Crippen molar-refractivity contribution in [2.45, 2.75) is 44.3 Å². The first kappa shape index (κ1) is 27.5. The summed E-state index contributed by atoms with van der Waals surface area (Å²) >= 11 is 5.73. The lowest BCUT2D eigenvalue weighted by molar-refractivity contribution is -0.137. The normalized spacial score (nSPS) is 12.8. The Morgan fingerprint density at radius 3 is 2.19 bits per heavy atom. The maximum Gasteiger partial charge on any atom is 0.417 e. The first-order valence-electron chi connectivity index (χ1n) is 11.2. The smallest absolute Gasteiger partial charge is 0.348 e. The van der Waals surface area contributed by atoms with Crippen molar-refractivity contribution in [1.29, 1.82) is 0 Å². The summed E-state index contributed by atoms with van der Waals surface area (Å²) in [5.74, 6) is -0.679. The number of benzene rings is 3. The van der Waals surface area contributed by atoms with Gasteiger partial charge in [0.05, 0.1) is 27.2 Å². The van der Waals surface area contributed by atoms with Crippen LogP contribution in [-0.2, 0) is 27.4 Å². The molecule has 0 aliphatic carbocycles. The van der Waals surface area contributed by atoms with Gasteiger partial charge in [0.2, 0.25) is 5.91 Å². The Hall–Kier alpha value is -3.04. The molecule has 36 heavy (non-hydrogen) atoms. The third-order valence-corrected chi connectivity index (χ3v) is 7.82. The summed E-state index contributed by atoms with van der Waals surface area (Å²) in [6.45, 7) is 4.79. The zero-order valence-electron chi connectivity index (χ0n) is 19.9. The number of alkyl halides is 3. The van der Waals surface area contributed by atoms with Crippen molar-refractivity contribution >= 4 is 33.2 Å². The molecule has 0 fully saturated rings. The number of rotatable bonds is 8. The molecule has 0 heterocycles. The molecule has 5 nitrogen and oxygen atoms in total. The van der Waals surface area contributed by atoms with E-state index in [-0.39, 0.29) is 10.6 Å². The van der Waals surface area contributed by atoms with Crippen molar-refractivity contribution < 1.29 is 26.4 Å². The van der Waals surface area contributed by atoms with Gasteiger partial charge in [-0.3, -0.25) is 9.10 Å². The largest absolute Gasteiger partial charge is 0.417 e. The molecule has 3 aromatic rings. The third kappa shape index (κ3) is 6.39. The number of nitrogens with zero attached hydrogens (tertiary/aromatic N) is 1. The highest BCUT2D eigenvalue weighted by atomic mass is 35.5. The van der Waals surface area contributed by atoms with Crippen molar-refractivity contribution in [3.05, 3.63) is 94.0 Å². The van der Waals surface area contributed by atoms with Gasteiger partial charge in [-0.15, -0.1) is 0 Å². The summed E-state index contributed by atoms with van der Waals surface area (Å²) in [4.78, 5) is 12.8. The van der Waals surface area contributed by atoms with Gasteiger partial charge in [-0.1, -0.05) is 60.5 Å². The third-order valence-electron chi connectivity index (χ3n) is 5.70. The number of amides is 1. The number of anilines is 1. The maximum absolute atomic E-state index is 13.5. The predicted molar refractivity (Wildman–Crippen MR) is 135 cm³/mol. The molecule has 10 heteroatoms. The van der Waals surface area contributed by atoms with Crippen molar-refractivity contribution in [3.63, 3.8) is 0 Å². The van der Waals surface area contributed by atoms with Gasteiger partial charge in [-0.25, -0.2) is 8.42 Å². The summed E-state index contributed by atoms with van der Waals surface area (Å²) < 4.78 is 68.1. The van der Waals surface area contributed by atoms with Gasteiger partial charge in [0.25, 0.3) is 10.0 Å². The highest BCUT2D eigenvalue weighted by molar-refractivity contribution is 7.92. The SMILES string of the molecule is CCc1ccc([C@H](C)NC(=O)CN(c2ccc(Cl)c(C(F)(F)F)c2)S(=O)(=O)c2ccc(C)cc2)cc1. The molecule has 0 saturated carbocycles. The van der Waals surface area contributed by atoms with Crippen LogP contribution in [0.3, 0.4) is 0 Å². The van der Waals surface area contributed by atoms with E-state index in [4.69, 9.17) is 11.6 Å². The Kier molecular flexibility index (Phi) is 8.36. The lowest BCUT2D eigenvalue weighted by Gasteiger charge is -2.26. The van der Waals surface area contributed by atoms with Gasteiger partial charge in [0, 0.05) is 0 Å². The molecule has 0 aliphatic heterocycles. The predicted octanol–water partition coefficient (Wildman–Crippen LogP) is 6.30. The minimum absolute atomic E-state index is 0.160. The zero-order chi connectivity index (χ0) is 26.7. The molecule has 1 amide bonds. The molecule has 1 N–H and O–H groups in total. The van der Waals surface area contributed by atoms with Gasteiger partial charge in [0.15, 0.2) is 0 Å². The van der Waals surface area contributed by atoms with Crippen LogP contribution in [-0.4, -0.2) is 20.9 Å². The average molecular weight is 539 g/mol. The Morgan fingerprint density at radius 2 is 1.64 bits per heavy atom. The Bertz CT molecular complexity index is 1330. The van der Waals surface area contributed by atoms with Crippen LogP contribution in [0.4, 0.5) is 18.9 Å². The second-order valence-corrected chi connectivity index (χ2v) is 10.6. The quantitative estimate of drug-likeness (QED) is 0.366. The molecule has 0 aliphatic rings. The molecule has 0 radical (unpaired) electrons. The Balaban J connectivity index is 1.97. The van der Waals surface area contributed by atoms with E-state index in [2.05, 4.69) is 5.32 Å². The standard InChI is InChI=1S/C26H26ClF3N2O3S/c1-4-19-7-9-20(10-8-19)18(3)31-25(33)16-32(36(34,35)22-12-5-17(2)6-13-22)21-11-14-24(27)23(15-21)26(28,29)30/h5-15,18H,4,16H2,1-3H3,(H,31,33)/t18-/m0/s1. The van der Waals surface area contributed by atoms with Crippen LogP contribution in [0.25, 0.3) is 0 Å². The fourth-order valence-electron chi connectivity index (χ4n) is 3.58. The molecular weight excluding hydrogens is 513 g/mol. The first-order chi connectivity index (χ1) is 16.8. The molecule has 3 aromatic carbocycles. The van der Waals surface area contributed by atoms with E-state index in [9.17, 15) is 26.4 Å². The van der Waals surface area contributed by atoms with Crippen LogP contribution < -0.4 is 9.62 Å². The van der Waals surface area contributed by atoms with E-state index in [1.165, 1.54) is 12.1 Å². The summed E-state index contributed by atoms with van der Waals surface area (Å²) in [6, 6.07) is 15.7. The first-order valence-corrected chi connectivity index (χ1v) is 13.0. The van der Waals surface area contributed by atoms with Crippen molar-refractivity contribution in [1.82, 2.24) is 5.32 Å². The molecule has 192 valence electrons. The average Bonchev–Trinajstić information content (AvgIpc) is 2.82. The lowest BCUT2D eigenvalue weighted by Crippen LogP contribution is -2.41. The summed E-state index contributed by atoms with van der Waals surface area (Å²) in [5, 5.41) is 2.15. The molecule has 1 atom stereocenters. The molecule has 0 bridgehead atoms.